The normalized spacial score (nSPS) is 12.5. The van der Waals surface area contributed by atoms with Crippen molar-refractivity contribution in [1.82, 2.24) is 0 Å². The first-order valence-electron chi connectivity index (χ1n) is 26.6. The summed E-state index contributed by atoms with van der Waals surface area (Å²) >= 11 is 0. The van der Waals surface area contributed by atoms with Crippen LogP contribution in [0.5, 0.6) is 0 Å². The summed E-state index contributed by atoms with van der Waals surface area (Å²) in [5.41, 5.74) is 23.3. The minimum atomic E-state index is -0.626. The fourth-order valence-electron chi connectivity index (χ4n) is 12.7. The molecule has 15 rings (SSSR count). The predicted molar refractivity (Wildman–Crippen MR) is 323 cm³/mol. The van der Waals surface area contributed by atoms with Crippen molar-refractivity contribution < 1.29 is 0 Å². The van der Waals surface area contributed by atoms with Crippen molar-refractivity contribution >= 4 is 55.7 Å². The van der Waals surface area contributed by atoms with Crippen LogP contribution in [0.25, 0.3) is 77.2 Å². The average Bonchev–Trinajstić information content (AvgIpc) is 4.08. The Hall–Kier alpha value is -10.0. The van der Waals surface area contributed by atoms with Crippen molar-refractivity contribution in [3.05, 3.63) is 326 Å². The third kappa shape index (κ3) is 7.25. The summed E-state index contributed by atoms with van der Waals surface area (Å²) in [6, 6.07) is 112. The topological polar surface area (TPSA) is 6.48 Å². The van der Waals surface area contributed by atoms with E-state index in [2.05, 4.69) is 313 Å². The van der Waals surface area contributed by atoms with Gasteiger partial charge in [-0.2, -0.15) is 0 Å². The lowest BCUT2D eigenvalue weighted by Crippen LogP contribution is -2.27. The number of anilines is 6. The summed E-state index contributed by atoms with van der Waals surface area (Å²) < 4.78 is 0. The highest BCUT2D eigenvalue weighted by molar-refractivity contribution is 6.19. The minimum Gasteiger partial charge on any atom is -0.310 e. The summed E-state index contributed by atoms with van der Waals surface area (Å²) in [4.78, 5) is 4.91. The van der Waals surface area contributed by atoms with E-state index in [-0.39, 0.29) is 0 Å². The number of rotatable bonds is 10. The Kier molecular flexibility index (Phi) is 10.5. The van der Waals surface area contributed by atoms with Crippen LogP contribution in [0.4, 0.5) is 34.1 Å². The zero-order chi connectivity index (χ0) is 50.9. The molecular formula is C75H50N2. The van der Waals surface area contributed by atoms with Gasteiger partial charge in [0, 0.05) is 34.1 Å². The third-order valence-corrected chi connectivity index (χ3v) is 16.2. The molecule has 0 radical (unpaired) electrons. The summed E-state index contributed by atoms with van der Waals surface area (Å²) in [6.45, 7) is 0. The van der Waals surface area contributed by atoms with Gasteiger partial charge in [0.1, 0.15) is 0 Å². The molecule has 2 aliphatic rings. The van der Waals surface area contributed by atoms with Crippen LogP contribution < -0.4 is 9.80 Å². The molecule has 77 heavy (non-hydrogen) atoms. The summed E-state index contributed by atoms with van der Waals surface area (Å²) in [5.74, 6) is 0. The molecule has 0 unspecified atom stereocenters. The third-order valence-electron chi connectivity index (χ3n) is 16.2. The lowest BCUT2D eigenvalue weighted by molar-refractivity contribution is 0.797. The maximum Gasteiger partial charge on any atom is 0.0727 e. The molecule has 0 bridgehead atoms. The van der Waals surface area contributed by atoms with Crippen molar-refractivity contribution in [2.24, 2.45) is 0 Å². The van der Waals surface area contributed by atoms with Crippen molar-refractivity contribution in [3.8, 4) is 55.6 Å². The Morgan fingerprint density at radius 2 is 0.455 bits per heavy atom. The van der Waals surface area contributed by atoms with Crippen LogP contribution in [0.2, 0.25) is 0 Å². The van der Waals surface area contributed by atoms with Gasteiger partial charge in [0.05, 0.1) is 5.41 Å². The zero-order valence-corrected chi connectivity index (χ0v) is 42.3. The molecule has 360 valence electrons. The zero-order valence-electron chi connectivity index (χ0n) is 42.3. The van der Waals surface area contributed by atoms with Crippen LogP contribution in [0.1, 0.15) is 22.3 Å². The predicted octanol–water partition coefficient (Wildman–Crippen LogP) is 20.3. The van der Waals surface area contributed by atoms with Gasteiger partial charge in [-0.15, -0.1) is 0 Å². The number of fused-ring (bicyclic) bond motifs is 7. The van der Waals surface area contributed by atoms with Gasteiger partial charge in [-0.3, -0.25) is 0 Å². The molecule has 0 fully saturated rings. The molecular weight excluding hydrogens is 929 g/mol. The second kappa shape index (κ2) is 18.1. The molecule has 13 aromatic rings. The molecule has 0 aromatic heterocycles. The van der Waals surface area contributed by atoms with E-state index < -0.39 is 5.41 Å². The van der Waals surface area contributed by atoms with E-state index in [0.29, 0.717) is 0 Å². The lowest BCUT2D eigenvalue weighted by atomic mass is 9.70. The maximum atomic E-state index is 2.53. The number of nitrogens with zero attached hydrogens (tertiary/aromatic N) is 2. The van der Waals surface area contributed by atoms with E-state index in [1.54, 1.807) is 0 Å². The minimum absolute atomic E-state index is 0.626. The fourth-order valence-corrected chi connectivity index (χ4v) is 12.7. The van der Waals surface area contributed by atoms with E-state index in [4.69, 9.17) is 0 Å². The average molecular weight is 979 g/mol. The monoisotopic (exact) mass is 978 g/mol. The quantitative estimate of drug-likeness (QED) is 0.126. The van der Waals surface area contributed by atoms with E-state index in [0.717, 1.165) is 34.1 Å². The first-order valence-corrected chi connectivity index (χ1v) is 26.6. The largest absolute Gasteiger partial charge is 0.310 e. The van der Waals surface area contributed by atoms with E-state index in [9.17, 15) is 0 Å². The van der Waals surface area contributed by atoms with Crippen LogP contribution in [0.3, 0.4) is 0 Å². The summed E-state index contributed by atoms with van der Waals surface area (Å²) in [6.07, 6.45) is 0. The maximum absolute atomic E-state index is 2.53. The van der Waals surface area contributed by atoms with Gasteiger partial charge in [0.25, 0.3) is 0 Å². The number of hydrogen-bond donors (Lipinski definition) is 0. The molecule has 0 heterocycles. The standard InChI is InChI=1S/C75H50N2/c1-5-17-51(18-6-1)55-31-39-61(40-32-55)76(62-41-33-56(34-42-62)52-19-7-2-8-20-52)65-47-59-29-30-60-48-66(50-72-74(60)73(59)71(49-65)75(72)69-27-15-13-25-67(69)68-26-14-16-28-70(68)75)77(63-43-35-57(36-44-63)53-21-9-3-10-22-53)64-45-37-58(38-46-64)54-23-11-4-12-24-54/h1-50H. The van der Waals surface area contributed by atoms with Crippen LogP contribution in [-0.4, -0.2) is 0 Å². The highest BCUT2D eigenvalue weighted by atomic mass is 15.1. The Morgan fingerprint density at radius 3 is 0.753 bits per heavy atom. The SMILES string of the molecule is c1ccc(-c2ccc(N(c3ccc(-c4ccccc4)cc3)c3cc4c5c(ccc6cc(N(c7ccc(-c8ccccc8)cc7)c7ccc(-c8ccccc8)cc7)cc(c65)C45c4ccccc4-c4ccccc45)c3)cc2)cc1. The van der Waals surface area contributed by atoms with Gasteiger partial charge in [-0.05, 0) is 172 Å². The number of hydrogen-bond acceptors (Lipinski definition) is 2. The van der Waals surface area contributed by atoms with Gasteiger partial charge in [0.2, 0.25) is 0 Å². The highest BCUT2D eigenvalue weighted by Crippen LogP contribution is 2.64. The Bertz CT molecular complexity index is 3870. The van der Waals surface area contributed by atoms with E-state index >= 15 is 0 Å². The van der Waals surface area contributed by atoms with Crippen molar-refractivity contribution in [2.45, 2.75) is 5.41 Å². The summed E-state index contributed by atoms with van der Waals surface area (Å²) in [5, 5.41) is 5.05. The first kappa shape index (κ1) is 44.5. The molecule has 1 spiro atoms. The van der Waals surface area contributed by atoms with Gasteiger partial charge in [-0.1, -0.05) is 231 Å². The van der Waals surface area contributed by atoms with Crippen LogP contribution in [-0.2, 0) is 5.41 Å². The second-order valence-corrected chi connectivity index (χ2v) is 20.4. The Morgan fingerprint density at radius 1 is 0.195 bits per heavy atom. The molecule has 0 atom stereocenters. The molecule has 0 saturated carbocycles. The number of benzene rings is 13. The highest BCUT2D eigenvalue weighted by Gasteiger charge is 2.51. The first-order chi connectivity index (χ1) is 38.2. The molecule has 2 heteroatoms. The van der Waals surface area contributed by atoms with Crippen molar-refractivity contribution in [3.63, 3.8) is 0 Å². The molecule has 2 nitrogen and oxygen atoms in total. The fraction of sp³-hybridized carbons (Fsp3) is 0.0133. The smallest absolute Gasteiger partial charge is 0.0727 e. The Balaban J connectivity index is 0.956. The molecule has 0 N–H and O–H groups in total. The van der Waals surface area contributed by atoms with E-state index in [1.807, 2.05) is 0 Å². The van der Waals surface area contributed by atoms with Crippen LogP contribution in [0.15, 0.2) is 303 Å². The van der Waals surface area contributed by atoms with Crippen LogP contribution in [0, 0.1) is 0 Å². The van der Waals surface area contributed by atoms with E-state index in [1.165, 1.54) is 99.4 Å². The molecule has 2 aliphatic carbocycles. The van der Waals surface area contributed by atoms with Gasteiger partial charge in [-0.25, -0.2) is 0 Å². The molecule has 0 saturated heterocycles. The second-order valence-electron chi connectivity index (χ2n) is 20.4. The summed E-state index contributed by atoms with van der Waals surface area (Å²) in [7, 11) is 0. The van der Waals surface area contributed by atoms with Crippen molar-refractivity contribution in [1.29, 1.82) is 0 Å². The lowest BCUT2D eigenvalue weighted by Gasteiger charge is -2.34. The molecule has 0 aliphatic heterocycles. The van der Waals surface area contributed by atoms with Gasteiger partial charge >= 0.3 is 0 Å². The van der Waals surface area contributed by atoms with Crippen LogP contribution >= 0.6 is 0 Å². The van der Waals surface area contributed by atoms with Gasteiger partial charge in [0.15, 0.2) is 0 Å². The Labute approximate surface area is 449 Å². The molecule has 0 amide bonds. The van der Waals surface area contributed by atoms with Crippen molar-refractivity contribution in [2.75, 3.05) is 9.80 Å². The van der Waals surface area contributed by atoms with Gasteiger partial charge < -0.3 is 9.80 Å². The molecule has 13 aromatic carbocycles.